The zero-order valence-corrected chi connectivity index (χ0v) is 18.6. The Morgan fingerprint density at radius 3 is 2.79 bits per heavy atom. The molecule has 5 rings (SSSR count). The predicted molar refractivity (Wildman–Crippen MR) is 129 cm³/mol. The fourth-order valence-corrected chi connectivity index (χ4v) is 4.46. The number of benzene rings is 2. The number of anilines is 1. The first-order valence-corrected chi connectivity index (χ1v) is 10.9. The van der Waals surface area contributed by atoms with Crippen LogP contribution in [0.2, 0.25) is 0 Å². The van der Waals surface area contributed by atoms with Gasteiger partial charge in [-0.15, -0.1) is 11.3 Å². The van der Waals surface area contributed by atoms with E-state index >= 15 is 0 Å². The van der Waals surface area contributed by atoms with Crippen LogP contribution in [0.3, 0.4) is 0 Å². The quantitative estimate of drug-likeness (QED) is 0.344. The average Bonchev–Trinajstić information content (AvgIpc) is 3.46. The molecular formula is C24H19N5O3S. The maximum atomic E-state index is 12.9. The van der Waals surface area contributed by atoms with Crippen LogP contribution in [-0.2, 0) is 0 Å². The van der Waals surface area contributed by atoms with Gasteiger partial charge in [-0.3, -0.25) is 9.59 Å². The Bertz CT molecular complexity index is 1540. The van der Waals surface area contributed by atoms with E-state index in [2.05, 4.69) is 20.3 Å². The van der Waals surface area contributed by atoms with Gasteiger partial charge >= 0.3 is 0 Å². The summed E-state index contributed by atoms with van der Waals surface area (Å²) in [6, 6.07) is 14.2. The molecule has 0 aliphatic rings. The Morgan fingerprint density at radius 1 is 1.12 bits per heavy atom. The summed E-state index contributed by atoms with van der Waals surface area (Å²) in [5.41, 5.74) is 3.84. The number of rotatable bonds is 4. The van der Waals surface area contributed by atoms with Crippen molar-refractivity contribution in [2.24, 2.45) is 0 Å². The van der Waals surface area contributed by atoms with Gasteiger partial charge in [0.15, 0.2) is 5.01 Å². The van der Waals surface area contributed by atoms with Crippen LogP contribution in [0, 0.1) is 0 Å². The number of aromatic hydroxyl groups is 1. The van der Waals surface area contributed by atoms with Crippen LogP contribution in [0.5, 0.6) is 5.75 Å². The van der Waals surface area contributed by atoms with Gasteiger partial charge in [0.25, 0.3) is 11.8 Å². The van der Waals surface area contributed by atoms with E-state index in [0.717, 1.165) is 32.4 Å². The van der Waals surface area contributed by atoms with E-state index in [1.807, 2.05) is 36.5 Å². The van der Waals surface area contributed by atoms with Crippen LogP contribution in [0.1, 0.15) is 20.2 Å². The number of H-pyrrole nitrogens is 1. The summed E-state index contributed by atoms with van der Waals surface area (Å²) >= 11 is 1.28. The number of hydrogen-bond donors (Lipinski definition) is 3. The van der Waals surface area contributed by atoms with E-state index in [0.29, 0.717) is 10.7 Å². The molecule has 3 heterocycles. The molecule has 5 aromatic rings. The molecule has 0 saturated heterocycles. The molecule has 0 bridgehead atoms. The number of para-hydroxylation sites is 1. The molecule has 164 valence electrons. The van der Waals surface area contributed by atoms with Crippen LogP contribution in [0.15, 0.2) is 60.9 Å². The molecule has 0 aliphatic heterocycles. The third kappa shape index (κ3) is 3.79. The smallest absolute Gasteiger partial charge is 0.284 e. The Labute approximate surface area is 192 Å². The molecule has 0 atom stereocenters. The van der Waals surface area contributed by atoms with Gasteiger partial charge in [-0.05, 0) is 36.4 Å². The molecule has 0 fully saturated rings. The summed E-state index contributed by atoms with van der Waals surface area (Å²) in [5, 5.41) is 14.1. The SMILES string of the molecule is CN(C)C(=O)c1cc(NC(=O)c2nc3c(-c4cnc5[nH]ccc5c4)cccc3s2)ccc1O. The maximum absolute atomic E-state index is 12.9. The molecule has 2 amide bonds. The molecule has 0 radical (unpaired) electrons. The van der Waals surface area contributed by atoms with Crippen LogP contribution < -0.4 is 5.32 Å². The normalized spacial score (nSPS) is 11.1. The number of thiazole rings is 1. The van der Waals surface area contributed by atoms with Gasteiger partial charge in [0.1, 0.15) is 11.4 Å². The number of hydrogen-bond acceptors (Lipinski definition) is 6. The summed E-state index contributed by atoms with van der Waals surface area (Å²) in [7, 11) is 3.18. The highest BCUT2D eigenvalue weighted by Gasteiger charge is 2.18. The number of aromatic nitrogens is 3. The largest absolute Gasteiger partial charge is 0.507 e. The minimum absolute atomic E-state index is 0.108. The number of carbonyl (C=O) groups excluding carboxylic acids is 2. The van der Waals surface area contributed by atoms with E-state index in [4.69, 9.17) is 0 Å². The van der Waals surface area contributed by atoms with E-state index in [1.165, 1.54) is 34.4 Å². The molecule has 3 aromatic heterocycles. The van der Waals surface area contributed by atoms with Gasteiger partial charge in [0, 0.05) is 48.7 Å². The molecule has 8 nitrogen and oxygen atoms in total. The van der Waals surface area contributed by atoms with Gasteiger partial charge in [0.2, 0.25) is 0 Å². The number of fused-ring (bicyclic) bond motifs is 2. The lowest BCUT2D eigenvalue weighted by Gasteiger charge is -2.13. The highest BCUT2D eigenvalue weighted by Crippen LogP contribution is 2.33. The molecule has 9 heteroatoms. The van der Waals surface area contributed by atoms with Crippen molar-refractivity contribution in [3.63, 3.8) is 0 Å². The molecule has 3 N–H and O–H groups in total. The number of phenols is 1. The number of pyridine rings is 1. The zero-order chi connectivity index (χ0) is 23.1. The van der Waals surface area contributed by atoms with Gasteiger partial charge in [0.05, 0.1) is 15.8 Å². The molecule has 0 saturated carbocycles. The monoisotopic (exact) mass is 457 g/mol. The Kier molecular flexibility index (Phi) is 5.02. The lowest BCUT2D eigenvalue weighted by atomic mass is 10.1. The summed E-state index contributed by atoms with van der Waals surface area (Å²) in [6.07, 6.45) is 3.63. The van der Waals surface area contributed by atoms with Gasteiger partial charge in [-0.2, -0.15) is 0 Å². The lowest BCUT2D eigenvalue weighted by Crippen LogP contribution is -2.22. The van der Waals surface area contributed by atoms with E-state index < -0.39 is 5.91 Å². The number of nitrogens with zero attached hydrogens (tertiary/aromatic N) is 3. The van der Waals surface area contributed by atoms with Gasteiger partial charge in [-0.1, -0.05) is 12.1 Å². The summed E-state index contributed by atoms with van der Waals surface area (Å²) in [5.74, 6) is -0.902. The van der Waals surface area contributed by atoms with Crippen molar-refractivity contribution in [1.29, 1.82) is 0 Å². The second-order valence-electron chi connectivity index (χ2n) is 7.70. The second-order valence-corrected chi connectivity index (χ2v) is 8.73. The highest BCUT2D eigenvalue weighted by atomic mass is 32.1. The summed E-state index contributed by atoms with van der Waals surface area (Å²) in [6.45, 7) is 0. The summed E-state index contributed by atoms with van der Waals surface area (Å²) < 4.78 is 0.876. The van der Waals surface area contributed by atoms with Crippen molar-refractivity contribution >= 4 is 50.1 Å². The number of nitrogens with one attached hydrogen (secondary N) is 2. The van der Waals surface area contributed by atoms with Crippen LogP contribution >= 0.6 is 11.3 Å². The van der Waals surface area contributed by atoms with E-state index in [1.54, 1.807) is 20.3 Å². The molecule has 0 aliphatic carbocycles. The van der Waals surface area contributed by atoms with Crippen molar-refractivity contribution in [3.05, 3.63) is 71.5 Å². The molecule has 0 unspecified atom stereocenters. The Hall–Kier alpha value is -4.24. The van der Waals surface area contributed by atoms with Crippen molar-refractivity contribution in [2.45, 2.75) is 0 Å². The maximum Gasteiger partial charge on any atom is 0.284 e. The van der Waals surface area contributed by atoms with Crippen molar-refractivity contribution < 1.29 is 14.7 Å². The second kappa shape index (κ2) is 8.03. The first-order valence-electron chi connectivity index (χ1n) is 10.1. The van der Waals surface area contributed by atoms with Gasteiger partial charge in [-0.25, -0.2) is 9.97 Å². The summed E-state index contributed by atoms with van der Waals surface area (Å²) in [4.78, 5) is 38.7. The highest BCUT2D eigenvalue weighted by molar-refractivity contribution is 7.20. The minimum Gasteiger partial charge on any atom is -0.507 e. The number of carbonyl (C=O) groups is 2. The first kappa shape index (κ1) is 20.7. The topological polar surface area (TPSA) is 111 Å². The van der Waals surface area contributed by atoms with Crippen molar-refractivity contribution in [3.8, 4) is 16.9 Å². The average molecular weight is 458 g/mol. The minimum atomic E-state index is -0.393. The van der Waals surface area contributed by atoms with E-state index in [9.17, 15) is 14.7 Å². The van der Waals surface area contributed by atoms with Crippen LogP contribution in [-0.4, -0.2) is 50.9 Å². The lowest BCUT2D eigenvalue weighted by molar-refractivity contribution is 0.0824. The van der Waals surface area contributed by atoms with E-state index in [-0.39, 0.29) is 17.2 Å². The Balaban J connectivity index is 1.47. The zero-order valence-electron chi connectivity index (χ0n) is 17.8. The predicted octanol–water partition coefficient (Wildman–Crippen LogP) is 4.50. The van der Waals surface area contributed by atoms with Crippen LogP contribution in [0.25, 0.3) is 32.4 Å². The third-order valence-corrected chi connectivity index (χ3v) is 6.23. The number of amides is 2. The third-order valence-electron chi connectivity index (χ3n) is 5.22. The first-order chi connectivity index (χ1) is 15.9. The van der Waals surface area contributed by atoms with Crippen molar-refractivity contribution in [1.82, 2.24) is 19.9 Å². The standard InChI is InChI=1S/C24H19N5O3S/c1-29(2)24(32)17-11-15(6-7-18(17)30)27-22(31)23-28-20-16(4-3-5-19(20)33-23)14-10-13-8-9-25-21(13)26-12-14/h3-12,30H,1-2H3,(H,25,26)(H,27,31). The van der Waals surface area contributed by atoms with Crippen LogP contribution in [0.4, 0.5) is 5.69 Å². The Morgan fingerprint density at radius 2 is 1.97 bits per heavy atom. The molecule has 33 heavy (non-hydrogen) atoms. The number of aromatic amines is 1. The fourth-order valence-electron chi connectivity index (χ4n) is 3.58. The molecular weight excluding hydrogens is 438 g/mol. The van der Waals surface area contributed by atoms with Crippen molar-refractivity contribution in [2.75, 3.05) is 19.4 Å². The molecule has 2 aromatic carbocycles. The fraction of sp³-hybridized carbons (Fsp3) is 0.0833. The van der Waals surface area contributed by atoms with Gasteiger partial charge < -0.3 is 20.3 Å². The number of phenolic OH excluding ortho intramolecular Hbond substituents is 1. The molecule has 0 spiro atoms.